The molecule has 4 N–H and O–H groups in total. The number of hydrogen-bond acceptors (Lipinski definition) is 4. The molecule has 2 aromatic rings. The van der Waals surface area contributed by atoms with Gasteiger partial charge in [-0.2, -0.15) is 0 Å². The summed E-state index contributed by atoms with van der Waals surface area (Å²) < 4.78 is 6.72. The summed E-state index contributed by atoms with van der Waals surface area (Å²) >= 11 is 6.15. The molecule has 1 unspecified atom stereocenters. The quantitative estimate of drug-likeness (QED) is 0.783. The third-order valence-corrected chi connectivity index (χ3v) is 2.84. The van der Waals surface area contributed by atoms with Gasteiger partial charge in [-0.15, -0.1) is 5.10 Å². The lowest BCUT2D eigenvalue weighted by Gasteiger charge is -2.06. The molecule has 1 aromatic heterocycles. The number of carbonyl (C=O) groups excluding carboxylic acids is 1. The van der Waals surface area contributed by atoms with Gasteiger partial charge < -0.3 is 15.6 Å². The van der Waals surface area contributed by atoms with Gasteiger partial charge in [-0.05, 0) is 19.1 Å². The highest BCUT2D eigenvalue weighted by molar-refractivity contribution is 6.34. The monoisotopic (exact) mass is 310 g/mol. The van der Waals surface area contributed by atoms with Crippen LogP contribution in [-0.4, -0.2) is 33.6 Å². The van der Waals surface area contributed by atoms with E-state index in [0.29, 0.717) is 5.69 Å². The van der Waals surface area contributed by atoms with Gasteiger partial charge in [0.05, 0.1) is 11.8 Å². The molecule has 8 heteroatoms. The molecule has 0 aliphatic heterocycles. The minimum atomic E-state index is -0.768. The fourth-order valence-corrected chi connectivity index (χ4v) is 1.87. The summed E-state index contributed by atoms with van der Waals surface area (Å²) in [6.45, 7) is 1.60. The Hall–Kier alpha value is -2.25. The largest absolute Gasteiger partial charge is 0.473 e. The SMILES string of the molecule is CC(O)COc1nn(-c2ccccc2)c(NC(N)=O)c1Cl. The predicted octanol–water partition coefficient (Wildman–Crippen LogP) is 1.78. The number of hydrogen-bond donors (Lipinski definition) is 3. The molecule has 0 saturated carbocycles. The number of rotatable bonds is 5. The predicted molar refractivity (Wildman–Crippen MR) is 79.0 cm³/mol. The van der Waals surface area contributed by atoms with Gasteiger partial charge in [0.1, 0.15) is 11.6 Å². The van der Waals surface area contributed by atoms with Crippen molar-refractivity contribution in [3.63, 3.8) is 0 Å². The Bertz CT molecular complexity index is 628. The maximum atomic E-state index is 11.1. The summed E-state index contributed by atoms with van der Waals surface area (Å²) in [7, 11) is 0. The number of urea groups is 1. The molecule has 1 aromatic carbocycles. The molecule has 7 nitrogen and oxygen atoms in total. The van der Waals surface area contributed by atoms with E-state index in [9.17, 15) is 9.90 Å². The van der Waals surface area contributed by atoms with E-state index in [2.05, 4.69) is 10.4 Å². The number of aliphatic hydroxyl groups is 1. The van der Waals surface area contributed by atoms with E-state index in [0.717, 1.165) is 0 Å². The van der Waals surface area contributed by atoms with Gasteiger partial charge in [0.25, 0.3) is 5.88 Å². The summed E-state index contributed by atoms with van der Waals surface area (Å²) in [4.78, 5) is 11.1. The van der Waals surface area contributed by atoms with Crippen molar-refractivity contribution in [2.24, 2.45) is 5.73 Å². The van der Waals surface area contributed by atoms with Crippen LogP contribution in [0.3, 0.4) is 0 Å². The van der Waals surface area contributed by atoms with Crippen LogP contribution in [-0.2, 0) is 0 Å². The van der Waals surface area contributed by atoms with Crippen LogP contribution in [0.1, 0.15) is 6.92 Å². The van der Waals surface area contributed by atoms with Crippen LogP contribution >= 0.6 is 11.6 Å². The Kier molecular flexibility index (Phi) is 4.66. The first-order valence-corrected chi connectivity index (χ1v) is 6.58. The normalized spacial score (nSPS) is 12.0. The van der Waals surface area contributed by atoms with Crippen LogP contribution in [0.15, 0.2) is 30.3 Å². The highest BCUT2D eigenvalue weighted by Crippen LogP contribution is 2.33. The van der Waals surface area contributed by atoms with E-state index in [1.165, 1.54) is 4.68 Å². The van der Waals surface area contributed by atoms with Crippen LogP contribution < -0.4 is 15.8 Å². The first-order chi connectivity index (χ1) is 9.99. The number of para-hydroxylation sites is 1. The zero-order valence-electron chi connectivity index (χ0n) is 11.3. The summed E-state index contributed by atoms with van der Waals surface area (Å²) in [5, 5.41) is 16.0. The lowest BCUT2D eigenvalue weighted by molar-refractivity contribution is 0.119. The second-order valence-electron chi connectivity index (χ2n) is 4.36. The molecule has 1 atom stereocenters. The lowest BCUT2D eigenvalue weighted by atomic mass is 10.3. The number of ether oxygens (including phenoxy) is 1. The van der Waals surface area contributed by atoms with E-state index < -0.39 is 12.1 Å². The van der Waals surface area contributed by atoms with Crippen molar-refractivity contribution in [3.05, 3.63) is 35.4 Å². The summed E-state index contributed by atoms with van der Waals surface area (Å²) in [5.41, 5.74) is 5.82. The van der Waals surface area contributed by atoms with Crippen LogP contribution in [0.25, 0.3) is 5.69 Å². The van der Waals surface area contributed by atoms with Crippen molar-refractivity contribution in [1.29, 1.82) is 0 Å². The number of halogens is 1. The van der Waals surface area contributed by atoms with Crippen molar-refractivity contribution in [2.75, 3.05) is 11.9 Å². The Balaban J connectivity index is 2.42. The number of aliphatic hydroxyl groups excluding tert-OH is 1. The molecule has 2 amide bonds. The van der Waals surface area contributed by atoms with Gasteiger partial charge in [0.2, 0.25) is 0 Å². The molecule has 2 rings (SSSR count). The summed E-state index contributed by atoms with van der Waals surface area (Å²) in [6.07, 6.45) is -0.671. The molecule has 0 bridgehead atoms. The van der Waals surface area contributed by atoms with Gasteiger partial charge in [-0.3, -0.25) is 5.32 Å². The van der Waals surface area contributed by atoms with Crippen molar-refractivity contribution in [1.82, 2.24) is 9.78 Å². The Morgan fingerprint density at radius 3 is 2.76 bits per heavy atom. The zero-order chi connectivity index (χ0) is 15.4. The smallest absolute Gasteiger partial charge is 0.317 e. The molecule has 0 spiro atoms. The molecule has 0 saturated heterocycles. The lowest BCUT2D eigenvalue weighted by Crippen LogP contribution is -2.21. The molecule has 0 aliphatic rings. The molecule has 21 heavy (non-hydrogen) atoms. The number of anilines is 1. The van der Waals surface area contributed by atoms with Crippen LogP contribution in [0.5, 0.6) is 5.88 Å². The highest BCUT2D eigenvalue weighted by atomic mass is 35.5. The number of primary amides is 1. The maximum absolute atomic E-state index is 11.1. The van der Waals surface area contributed by atoms with Gasteiger partial charge in [0.15, 0.2) is 5.82 Å². The molecule has 1 heterocycles. The van der Waals surface area contributed by atoms with E-state index in [1.54, 1.807) is 19.1 Å². The fraction of sp³-hybridized carbons (Fsp3) is 0.231. The number of nitrogens with two attached hydrogens (primary N) is 1. The number of nitrogens with zero attached hydrogens (tertiary/aromatic N) is 2. The van der Waals surface area contributed by atoms with E-state index in [4.69, 9.17) is 22.1 Å². The van der Waals surface area contributed by atoms with Crippen LogP contribution in [0.2, 0.25) is 5.02 Å². The molecular weight excluding hydrogens is 296 g/mol. The number of carbonyl (C=O) groups is 1. The molecule has 0 radical (unpaired) electrons. The van der Waals surface area contributed by atoms with Crippen molar-refractivity contribution >= 4 is 23.4 Å². The number of nitrogens with one attached hydrogen (secondary N) is 1. The highest BCUT2D eigenvalue weighted by Gasteiger charge is 2.20. The Labute approximate surface area is 126 Å². The third kappa shape index (κ3) is 3.65. The second-order valence-corrected chi connectivity index (χ2v) is 4.74. The van der Waals surface area contributed by atoms with Gasteiger partial charge in [0, 0.05) is 0 Å². The second kappa shape index (κ2) is 6.47. The molecule has 112 valence electrons. The zero-order valence-corrected chi connectivity index (χ0v) is 12.0. The first kappa shape index (κ1) is 15.1. The topological polar surface area (TPSA) is 102 Å². The van der Waals surface area contributed by atoms with E-state index >= 15 is 0 Å². The standard InChI is InChI=1S/C13H15ClN4O3/c1-8(19)7-21-12-10(14)11(16-13(15)20)18(17-12)9-5-3-2-4-6-9/h2-6,8,19H,7H2,1H3,(H3,15,16,20). The van der Waals surface area contributed by atoms with Crippen molar-refractivity contribution in [2.45, 2.75) is 13.0 Å². The number of benzene rings is 1. The number of aromatic nitrogens is 2. The minimum absolute atomic E-state index is 0.0293. The average Bonchev–Trinajstić information content (AvgIpc) is 2.74. The van der Waals surface area contributed by atoms with E-state index in [-0.39, 0.29) is 23.3 Å². The van der Waals surface area contributed by atoms with Crippen LogP contribution in [0.4, 0.5) is 10.6 Å². The third-order valence-electron chi connectivity index (χ3n) is 2.50. The number of amides is 2. The molecule has 0 fully saturated rings. The van der Waals surface area contributed by atoms with Gasteiger partial charge in [-0.25, -0.2) is 9.48 Å². The Morgan fingerprint density at radius 1 is 1.52 bits per heavy atom. The molecule has 0 aliphatic carbocycles. The van der Waals surface area contributed by atoms with E-state index in [1.807, 2.05) is 18.2 Å². The summed E-state index contributed by atoms with van der Waals surface area (Å²) in [6, 6.07) is 8.28. The van der Waals surface area contributed by atoms with Crippen molar-refractivity contribution < 1.29 is 14.6 Å². The maximum Gasteiger partial charge on any atom is 0.317 e. The van der Waals surface area contributed by atoms with Crippen LogP contribution in [0, 0.1) is 0 Å². The molecular formula is C13H15ClN4O3. The van der Waals surface area contributed by atoms with Gasteiger partial charge >= 0.3 is 6.03 Å². The minimum Gasteiger partial charge on any atom is -0.473 e. The first-order valence-electron chi connectivity index (χ1n) is 6.20. The van der Waals surface area contributed by atoms with Gasteiger partial charge in [-0.1, -0.05) is 29.8 Å². The van der Waals surface area contributed by atoms with Crippen molar-refractivity contribution in [3.8, 4) is 11.6 Å². The fourth-order valence-electron chi connectivity index (χ4n) is 1.65. The summed E-state index contributed by atoms with van der Waals surface area (Å²) in [5.74, 6) is 0.307. The average molecular weight is 311 g/mol. The Morgan fingerprint density at radius 2 is 2.19 bits per heavy atom.